The van der Waals surface area contributed by atoms with Crippen LogP contribution in [-0.4, -0.2) is 22.3 Å². The summed E-state index contributed by atoms with van der Waals surface area (Å²) in [5, 5.41) is 18.9. The molecular weight excluding hydrogens is 340 g/mol. The zero-order valence-corrected chi connectivity index (χ0v) is 16.5. The van der Waals surface area contributed by atoms with Gasteiger partial charge in [0, 0.05) is 11.5 Å². The van der Waals surface area contributed by atoms with Crippen molar-refractivity contribution in [3.63, 3.8) is 0 Å². The van der Waals surface area contributed by atoms with E-state index in [-0.39, 0.29) is 28.4 Å². The van der Waals surface area contributed by atoms with Gasteiger partial charge in [0.1, 0.15) is 6.10 Å². The topological polar surface area (TPSA) is 66.8 Å². The third-order valence-corrected chi connectivity index (χ3v) is 6.65. The van der Waals surface area contributed by atoms with Crippen LogP contribution in [0.3, 0.4) is 0 Å². The van der Waals surface area contributed by atoms with Crippen LogP contribution in [0.5, 0.6) is 11.5 Å². The van der Waals surface area contributed by atoms with Gasteiger partial charge in [-0.1, -0.05) is 39.8 Å². The van der Waals surface area contributed by atoms with Gasteiger partial charge < -0.3 is 14.9 Å². The molecular formula is C23H30O4. The van der Waals surface area contributed by atoms with Crippen LogP contribution in [0.25, 0.3) is 6.08 Å². The summed E-state index contributed by atoms with van der Waals surface area (Å²) in [4.78, 5) is 12.5. The summed E-state index contributed by atoms with van der Waals surface area (Å²) in [5.74, 6) is -0.294. The predicted octanol–water partition coefficient (Wildman–Crippen LogP) is 5.21. The molecule has 0 bridgehead atoms. The molecule has 1 aromatic carbocycles. The molecule has 3 rings (SSSR count). The molecule has 0 radical (unpaired) electrons. The van der Waals surface area contributed by atoms with Crippen molar-refractivity contribution < 1.29 is 19.7 Å². The van der Waals surface area contributed by atoms with E-state index in [2.05, 4.69) is 27.4 Å². The lowest BCUT2D eigenvalue weighted by Gasteiger charge is -2.56. The van der Waals surface area contributed by atoms with Gasteiger partial charge in [-0.05, 0) is 66.4 Å². The first-order valence-electron chi connectivity index (χ1n) is 9.72. The SMILES string of the molecule is C=C1CCC2C(C)(C)CCCC2(C)C1OC(=O)/C=C/c1ccc(O)c(O)c1. The molecule has 2 N–H and O–H groups in total. The molecule has 0 spiro atoms. The fraction of sp³-hybridized carbons (Fsp3) is 0.522. The molecule has 1 aromatic rings. The Labute approximate surface area is 161 Å². The average molecular weight is 370 g/mol. The van der Waals surface area contributed by atoms with Crippen molar-refractivity contribution in [2.24, 2.45) is 16.7 Å². The van der Waals surface area contributed by atoms with Crippen molar-refractivity contribution in [3.8, 4) is 11.5 Å². The molecule has 0 saturated heterocycles. The molecule has 0 amide bonds. The number of esters is 1. The molecule has 0 aliphatic heterocycles. The van der Waals surface area contributed by atoms with Gasteiger partial charge in [-0.15, -0.1) is 0 Å². The fourth-order valence-electron chi connectivity index (χ4n) is 5.31. The van der Waals surface area contributed by atoms with E-state index in [1.54, 1.807) is 12.1 Å². The number of carbonyl (C=O) groups excluding carboxylic acids is 1. The molecule has 2 fully saturated rings. The lowest BCUT2D eigenvalue weighted by atomic mass is 9.50. The van der Waals surface area contributed by atoms with Gasteiger partial charge >= 0.3 is 5.97 Å². The number of hydrogen-bond donors (Lipinski definition) is 2. The quantitative estimate of drug-likeness (QED) is 0.332. The summed E-state index contributed by atoms with van der Waals surface area (Å²) < 4.78 is 5.91. The molecule has 2 aliphatic rings. The normalized spacial score (nSPS) is 30.1. The highest BCUT2D eigenvalue weighted by Crippen LogP contribution is 2.59. The van der Waals surface area contributed by atoms with Crippen molar-refractivity contribution in [3.05, 3.63) is 42.0 Å². The van der Waals surface area contributed by atoms with Gasteiger partial charge in [0.25, 0.3) is 0 Å². The number of phenols is 2. The Kier molecular flexibility index (Phi) is 5.11. The maximum atomic E-state index is 12.5. The van der Waals surface area contributed by atoms with Crippen LogP contribution in [0.2, 0.25) is 0 Å². The second-order valence-corrected chi connectivity index (χ2v) is 9.00. The summed E-state index contributed by atoms with van der Waals surface area (Å²) >= 11 is 0. The minimum Gasteiger partial charge on any atom is -0.504 e. The predicted molar refractivity (Wildman–Crippen MR) is 106 cm³/mol. The Balaban J connectivity index is 1.76. The maximum Gasteiger partial charge on any atom is 0.331 e. The van der Waals surface area contributed by atoms with Crippen molar-refractivity contribution in [2.45, 2.75) is 59.0 Å². The van der Waals surface area contributed by atoms with E-state index in [4.69, 9.17) is 4.74 Å². The minimum absolute atomic E-state index is 0.0720. The van der Waals surface area contributed by atoms with E-state index >= 15 is 0 Å². The van der Waals surface area contributed by atoms with Crippen LogP contribution in [0, 0.1) is 16.7 Å². The van der Waals surface area contributed by atoms with Gasteiger partial charge in [0.05, 0.1) is 0 Å². The van der Waals surface area contributed by atoms with E-state index in [0.717, 1.165) is 31.3 Å². The third kappa shape index (κ3) is 3.76. The number of fused-ring (bicyclic) bond motifs is 1. The second kappa shape index (κ2) is 7.06. The van der Waals surface area contributed by atoms with Crippen LogP contribution in [0.1, 0.15) is 58.4 Å². The summed E-state index contributed by atoms with van der Waals surface area (Å²) in [6, 6.07) is 4.41. The Hall–Kier alpha value is -2.23. The Bertz CT molecular complexity index is 777. The first-order valence-corrected chi connectivity index (χ1v) is 9.72. The Morgan fingerprint density at radius 3 is 2.67 bits per heavy atom. The number of ether oxygens (including phenoxy) is 1. The summed E-state index contributed by atoms with van der Waals surface area (Å²) in [7, 11) is 0. The summed E-state index contributed by atoms with van der Waals surface area (Å²) in [6.07, 6.45) is 8.11. The van der Waals surface area contributed by atoms with Crippen LogP contribution < -0.4 is 0 Å². The largest absolute Gasteiger partial charge is 0.504 e. The van der Waals surface area contributed by atoms with Crippen LogP contribution in [0.15, 0.2) is 36.4 Å². The molecule has 2 saturated carbocycles. The van der Waals surface area contributed by atoms with E-state index in [1.165, 1.54) is 24.6 Å². The first-order chi connectivity index (χ1) is 12.6. The highest BCUT2D eigenvalue weighted by molar-refractivity contribution is 5.87. The number of rotatable bonds is 3. The zero-order valence-electron chi connectivity index (χ0n) is 16.5. The number of hydrogen-bond acceptors (Lipinski definition) is 4. The van der Waals surface area contributed by atoms with Crippen molar-refractivity contribution >= 4 is 12.0 Å². The molecule has 0 heterocycles. The van der Waals surface area contributed by atoms with E-state index in [0.29, 0.717) is 11.5 Å². The molecule has 0 aromatic heterocycles. The van der Waals surface area contributed by atoms with Gasteiger partial charge in [-0.2, -0.15) is 0 Å². The van der Waals surface area contributed by atoms with Crippen molar-refractivity contribution in [2.75, 3.05) is 0 Å². The molecule has 3 unspecified atom stereocenters. The van der Waals surface area contributed by atoms with Crippen molar-refractivity contribution in [1.29, 1.82) is 0 Å². The van der Waals surface area contributed by atoms with Gasteiger partial charge in [0.15, 0.2) is 11.5 Å². The molecule has 3 atom stereocenters. The van der Waals surface area contributed by atoms with Crippen LogP contribution in [-0.2, 0) is 9.53 Å². The standard InChI is InChI=1S/C23H30O4/c1-15-6-10-19-22(2,3)12-5-13-23(19,4)21(15)27-20(26)11-8-16-7-9-17(24)18(25)14-16/h7-9,11,14,19,21,24-25H,1,5-6,10,12-13H2,2-4H3/b11-8+. The lowest BCUT2D eigenvalue weighted by molar-refractivity contribution is -0.160. The molecule has 27 heavy (non-hydrogen) atoms. The highest BCUT2D eigenvalue weighted by atomic mass is 16.5. The monoisotopic (exact) mass is 370 g/mol. The third-order valence-electron chi connectivity index (χ3n) is 6.65. The van der Waals surface area contributed by atoms with Crippen LogP contribution >= 0.6 is 0 Å². The maximum absolute atomic E-state index is 12.5. The molecule has 4 heteroatoms. The zero-order chi connectivity index (χ0) is 19.8. The van der Waals surface area contributed by atoms with E-state index < -0.39 is 5.97 Å². The molecule has 146 valence electrons. The molecule has 4 nitrogen and oxygen atoms in total. The lowest BCUT2D eigenvalue weighted by Crippen LogP contribution is -2.53. The molecule has 2 aliphatic carbocycles. The van der Waals surface area contributed by atoms with Gasteiger partial charge in [-0.25, -0.2) is 4.79 Å². The smallest absolute Gasteiger partial charge is 0.331 e. The fourth-order valence-corrected chi connectivity index (χ4v) is 5.31. The minimum atomic E-state index is -0.404. The second-order valence-electron chi connectivity index (χ2n) is 9.00. The number of aromatic hydroxyl groups is 2. The van der Waals surface area contributed by atoms with Crippen LogP contribution in [0.4, 0.5) is 0 Å². The average Bonchev–Trinajstić information content (AvgIpc) is 2.58. The summed E-state index contributed by atoms with van der Waals surface area (Å²) in [6.45, 7) is 11.1. The number of carbonyl (C=O) groups is 1. The van der Waals surface area contributed by atoms with Gasteiger partial charge in [0.2, 0.25) is 0 Å². The number of benzene rings is 1. The Morgan fingerprint density at radius 2 is 1.96 bits per heavy atom. The van der Waals surface area contributed by atoms with Gasteiger partial charge in [-0.3, -0.25) is 0 Å². The highest BCUT2D eigenvalue weighted by Gasteiger charge is 2.54. The Morgan fingerprint density at radius 1 is 1.22 bits per heavy atom. The van der Waals surface area contributed by atoms with Crippen molar-refractivity contribution in [1.82, 2.24) is 0 Å². The first kappa shape index (κ1) is 19.5. The summed E-state index contributed by atoms with van der Waals surface area (Å²) in [5.41, 5.74) is 1.80. The van der Waals surface area contributed by atoms with E-state index in [9.17, 15) is 15.0 Å². The number of phenolic OH excluding ortho intramolecular Hbond substituents is 2. The van der Waals surface area contributed by atoms with E-state index in [1.807, 2.05) is 0 Å².